The van der Waals surface area contributed by atoms with Crippen LogP contribution in [0.15, 0.2) is 48.5 Å². The predicted molar refractivity (Wildman–Crippen MR) is 288 cm³/mol. The molecule has 4 N–H and O–H groups in total. The van der Waals surface area contributed by atoms with Gasteiger partial charge in [-0.05, 0) is 168 Å². The maximum absolute atomic E-state index is 12.9. The van der Waals surface area contributed by atoms with Crippen molar-refractivity contribution in [2.24, 2.45) is 0 Å². The molecular weight excluding hydrogens is 1020 g/mol. The number of aromatic nitrogens is 4. The molecule has 1 aliphatic rings. The first kappa shape index (κ1) is 52.3. The van der Waals surface area contributed by atoms with Crippen molar-refractivity contribution < 1.29 is 38.1 Å². The van der Waals surface area contributed by atoms with Crippen molar-refractivity contribution in [1.29, 1.82) is 0 Å². The van der Waals surface area contributed by atoms with Crippen molar-refractivity contribution in [2.45, 2.75) is 98.7 Å². The smallest absolute Gasteiger partial charge is 0.305 e. The van der Waals surface area contributed by atoms with Crippen LogP contribution in [0.1, 0.15) is 110 Å². The zero-order valence-corrected chi connectivity index (χ0v) is 45.7. The molecule has 0 saturated heterocycles. The second kappa shape index (κ2) is 22.2. The van der Waals surface area contributed by atoms with E-state index in [9.17, 15) is 19.2 Å². The molecule has 0 fully saturated rings. The first-order valence-corrected chi connectivity index (χ1v) is 28.4. The highest BCUT2D eigenvalue weighted by molar-refractivity contribution is 14.1. The van der Waals surface area contributed by atoms with Gasteiger partial charge in [-0.1, -0.05) is 49.8 Å². The summed E-state index contributed by atoms with van der Waals surface area (Å²) in [5.74, 6) is 2.16. The van der Waals surface area contributed by atoms with E-state index < -0.39 is 8.07 Å². The van der Waals surface area contributed by atoms with Gasteiger partial charge in [-0.2, -0.15) is 0 Å². The lowest BCUT2D eigenvalue weighted by Gasteiger charge is -2.10. The van der Waals surface area contributed by atoms with Gasteiger partial charge in [0.15, 0.2) is 0 Å². The highest BCUT2D eigenvalue weighted by Crippen LogP contribution is 2.33. The molecule has 12 nitrogen and oxygen atoms in total. The number of esters is 4. The molecule has 0 aliphatic carbocycles. The van der Waals surface area contributed by atoms with Crippen molar-refractivity contribution in [2.75, 3.05) is 28.4 Å². The zero-order valence-electron chi connectivity index (χ0n) is 42.6. The number of hydrogen-bond acceptors (Lipinski definition) is 8. The van der Waals surface area contributed by atoms with E-state index in [1.165, 1.54) is 28.4 Å². The number of aromatic amines is 4. The van der Waals surface area contributed by atoms with Crippen LogP contribution >= 0.6 is 22.6 Å². The van der Waals surface area contributed by atoms with Crippen LogP contribution in [0.25, 0.3) is 23.3 Å². The highest BCUT2D eigenvalue weighted by Gasteiger charge is 2.25. The number of halogens is 1. The predicted octanol–water partition coefficient (Wildman–Crippen LogP) is 6.95. The minimum absolute atomic E-state index is 0.145. The number of H-pyrrole nitrogens is 4. The third-order valence-electron chi connectivity index (χ3n) is 13.3. The van der Waals surface area contributed by atoms with Crippen molar-refractivity contribution >= 4 is 77.8 Å². The Hall–Kier alpha value is -6.57. The van der Waals surface area contributed by atoms with E-state index in [2.05, 4.69) is 144 Å². The van der Waals surface area contributed by atoms with E-state index in [0.29, 0.717) is 25.7 Å². The number of carbonyl (C=O) groups excluding carboxylic acids is 4. The molecular formula is C57H63IN4O8Si. The van der Waals surface area contributed by atoms with Gasteiger partial charge in [0.05, 0.1) is 50.5 Å². The fourth-order valence-electron chi connectivity index (χ4n) is 9.50. The summed E-state index contributed by atoms with van der Waals surface area (Å²) in [7, 11) is 3.86. The van der Waals surface area contributed by atoms with Gasteiger partial charge in [0.25, 0.3) is 0 Å². The Morgan fingerprint density at radius 1 is 0.535 bits per heavy atom. The Labute approximate surface area is 429 Å². The van der Waals surface area contributed by atoms with Crippen LogP contribution < -0.4 is 21.4 Å². The monoisotopic (exact) mass is 1090 g/mol. The molecule has 0 radical (unpaired) electrons. The van der Waals surface area contributed by atoms with Crippen molar-refractivity contribution in [3.8, 4) is 11.5 Å². The molecule has 0 atom stereocenters. The Morgan fingerprint density at radius 2 is 0.930 bits per heavy atom. The largest absolute Gasteiger partial charge is 0.469 e. The zero-order chi connectivity index (χ0) is 51.3. The summed E-state index contributed by atoms with van der Waals surface area (Å²) >= 11 is 2.33. The number of fused-ring (bicyclic) bond motifs is 8. The second-order valence-electron chi connectivity index (χ2n) is 19.0. The summed E-state index contributed by atoms with van der Waals surface area (Å²) in [6.45, 7) is 15.0. The fraction of sp³-hybridized carbons (Fsp3) is 0.333. The van der Waals surface area contributed by atoms with Gasteiger partial charge in [0, 0.05) is 68.0 Å². The molecule has 7 rings (SSSR count). The molecule has 5 heterocycles. The van der Waals surface area contributed by atoms with Crippen LogP contribution in [0.5, 0.6) is 0 Å². The van der Waals surface area contributed by atoms with E-state index in [1.54, 1.807) is 0 Å². The van der Waals surface area contributed by atoms with Gasteiger partial charge in [-0.3, -0.25) is 19.2 Å². The van der Waals surface area contributed by atoms with E-state index in [4.69, 9.17) is 18.9 Å². The quantitative estimate of drug-likeness (QED) is 0.0299. The molecule has 1 aliphatic heterocycles. The Kier molecular flexibility index (Phi) is 16.4. The summed E-state index contributed by atoms with van der Waals surface area (Å²) in [5.41, 5.74) is 18.8. The van der Waals surface area contributed by atoms with Crippen molar-refractivity contribution in [3.05, 3.63) is 157 Å². The molecule has 370 valence electrons. The lowest BCUT2D eigenvalue weighted by atomic mass is 9.94. The second-order valence-corrected chi connectivity index (χ2v) is 25.0. The number of nitrogens with one attached hydrogen (secondary N) is 4. The Morgan fingerprint density at radius 3 is 1.32 bits per heavy atom. The van der Waals surface area contributed by atoms with E-state index in [0.717, 1.165) is 120 Å². The Balaban J connectivity index is 1.74. The molecule has 14 heteroatoms. The van der Waals surface area contributed by atoms with E-state index in [1.807, 2.05) is 18.2 Å². The number of benzene rings is 2. The lowest BCUT2D eigenvalue weighted by Crippen LogP contribution is -2.18. The summed E-state index contributed by atoms with van der Waals surface area (Å²) in [5, 5.41) is 3.25. The average Bonchev–Trinajstić information content (AvgIpc) is 4.03. The van der Waals surface area contributed by atoms with Gasteiger partial charge in [0.2, 0.25) is 0 Å². The molecule has 4 aromatic heterocycles. The molecule has 0 spiro atoms. The van der Waals surface area contributed by atoms with Gasteiger partial charge in [0.1, 0.15) is 8.07 Å². The van der Waals surface area contributed by atoms with E-state index >= 15 is 0 Å². The third kappa shape index (κ3) is 11.6. The summed E-state index contributed by atoms with van der Waals surface area (Å²) < 4.78 is 21.7. The maximum atomic E-state index is 12.9. The van der Waals surface area contributed by atoms with Crippen LogP contribution in [-0.2, 0) is 63.8 Å². The average molecular weight is 1090 g/mol. The molecule has 71 heavy (non-hydrogen) atoms. The van der Waals surface area contributed by atoms with Crippen LogP contribution in [-0.4, -0.2) is 80.3 Å². The fourth-order valence-corrected chi connectivity index (χ4v) is 10.6. The summed E-state index contributed by atoms with van der Waals surface area (Å²) in [6.07, 6.45) is 6.31. The third-order valence-corrected chi connectivity index (χ3v) is 14.8. The first-order valence-electron chi connectivity index (χ1n) is 23.8. The topological polar surface area (TPSA) is 168 Å². The molecule has 8 bridgehead atoms. The normalized spacial score (nSPS) is 12.1. The molecule has 6 aromatic rings. The first-order chi connectivity index (χ1) is 33.9. The molecule has 0 unspecified atom stereocenters. The van der Waals surface area contributed by atoms with Gasteiger partial charge in [-0.15, -0.1) is 5.54 Å². The van der Waals surface area contributed by atoms with Gasteiger partial charge >= 0.3 is 23.9 Å². The minimum atomic E-state index is -1.74. The maximum Gasteiger partial charge on any atom is 0.305 e. The summed E-state index contributed by atoms with van der Waals surface area (Å²) in [4.78, 5) is 67.1. The number of hydrogen-bond donors (Lipinski definition) is 4. The van der Waals surface area contributed by atoms with Crippen molar-refractivity contribution in [3.63, 3.8) is 0 Å². The Bertz CT molecular complexity index is 3400. The van der Waals surface area contributed by atoms with Crippen LogP contribution in [0, 0.1) is 42.7 Å². The number of carbonyl (C=O) groups is 4. The molecule has 2 aromatic carbocycles. The van der Waals surface area contributed by atoms with E-state index in [-0.39, 0.29) is 49.6 Å². The minimum Gasteiger partial charge on any atom is -0.469 e. The lowest BCUT2D eigenvalue weighted by molar-refractivity contribution is -0.141. The van der Waals surface area contributed by atoms with Crippen LogP contribution in [0.4, 0.5) is 0 Å². The van der Waals surface area contributed by atoms with Gasteiger partial charge in [-0.25, -0.2) is 0 Å². The number of methoxy groups -OCH3 is 4. The molecule has 0 amide bonds. The number of rotatable bonds is 14. The molecule has 0 saturated carbocycles. The summed E-state index contributed by atoms with van der Waals surface area (Å²) in [6, 6.07) is 16.6. The highest BCUT2D eigenvalue weighted by atomic mass is 127. The van der Waals surface area contributed by atoms with Crippen molar-refractivity contribution in [1.82, 2.24) is 19.9 Å². The van der Waals surface area contributed by atoms with Crippen LogP contribution in [0.2, 0.25) is 19.6 Å². The van der Waals surface area contributed by atoms with Gasteiger partial charge < -0.3 is 38.9 Å². The standard InChI is InChI=1S/C57H63IN4O8Si/c1-32-40(18-22-48(63)67-5)44-30-46-42(20-24-50(65)69-7)34(3)56(61-46)53(38-16-13-17-39(58)29-38)57-35(4)43(21-25-51(66)70-8)47(62-57)31-45-41(19-23-49(64)68-6)33(2)55(60-45)52(54(32)59-44)37-15-12-14-36(28-37)26-27-71(9,10)11/h12-17,28-31,59-62H,18-25H2,1-11H3. The van der Waals surface area contributed by atoms with Crippen LogP contribution in [0.3, 0.4) is 0 Å². The number of ether oxygens (including phenoxy) is 4. The SMILES string of the molecule is COC(=O)CCc1c2[nH]c(c1C)C(c1cccc(I)c1)=c1[nH]c(c(CCC(=O)OC)c1C)=Cc1[nH]c(c(C)c1CCC(=O)OC)C(c1cccc(C#C[Si](C)(C)C)c1)=c1[nH]c(c(CCC(=O)OC)c1C)=C2.